The average molecular weight is 637 g/mol. The molecule has 0 spiro atoms. The van der Waals surface area contributed by atoms with Gasteiger partial charge >= 0.3 is 18.4 Å². The highest BCUT2D eigenvalue weighted by Crippen LogP contribution is 2.41. The Hall–Kier alpha value is -4.83. The van der Waals surface area contributed by atoms with Crippen LogP contribution in [0.25, 0.3) is 11.1 Å². The number of ketones is 1. The molecule has 0 radical (unpaired) electrons. The Morgan fingerprint density at radius 2 is 1.29 bits per heavy atom. The van der Waals surface area contributed by atoms with Gasteiger partial charge in [-0.15, -0.1) is 0 Å². The summed E-state index contributed by atoms with van der Waals surface area (Å²) in [6.45, 7) is 0. The van der Waals surface area contributed by atoms with Gasteiger partial charge in [-0.3, -0.25) is 4.79 Å². The molecular weight excluding hydrogens is 611 g/mol. The lowest BCUT2D eigenvalue weighted by Crippen LogP contribution is -2.53. The molecule has 0 heterocycles. The lowest BCUT2D eigenvalue weighted by molar-refractivity contribution is -0.325. The number of ether oxygens (including phenoxy) is 3. The first kappa shape index (κ1) is 31.6. The van der Waals surface area contributed by atoms with Gasteiger partial charge in [0.05, 0.1) is 12.0 Å². The van der Waals surface area contributed by atoms with Crippen LogP contribution < -0.4 is 14.2 Å². The smallest absolute Gasteiger partial charge is 0.449 e. The van der Waals surface area contributed by atoms with Gasteiger partial charge in [-0.2, -0.15) is 17.6 Å². The summed E-state index contributed by atoms with van der Waals surface area (Å²) in [6, 6.07) is 29.2. The van der Waals surface area contributed by atoms with E-state index in [0.29, 0.717) is 27.1 Å². The van der Waals surface area contributed by atoms with Crippen LogP contribution in [0.2, 0.25) is 0 Å². The van der Waals surface area contributed by atoms with Crippen molar-refractivity contribution in [3.8, 4) is 28.4 Å². The summed E-state index contributed by atoms with van der Waals surface area (Å²) >= 11 is 1.30. The summed E-state index contributed by atoms with van der Waals surface area (Å²) in [4.78, 5) is 14.6. The highest BCUT2D eigenvalue weighted by molar-refractivity contribution is 7.99. The number of hydrogen-bond acceptors (Lipinski definition) is 5. The Labute approximate surface area is 260 Å². The zero-order valence-electron chi connectivity index (χ0n) is 23.6. The maximum atomic E-state index is 15.9. The van der Waals surface area contributed by atoms with Gasteiger partial charge in [-0.1, -0.05) is 96.7 Å². The zero-order valence-corrected chi connectivity index (χ0v) is 24.4. The van der Waals surface area contributed by atoms with Gasteiger partial charge in [0.15, 0.2) is 5.78 Å². The van der Waals surface area contributed by atoms with E-state index in [1.165, 1.54) is 55.3 Å². The number of halogens is 5. The van der Waals surface area contributed by atoms with Crippen LogP contribution in [-0.4, -0.2) is 31.3 Å². The summed E-state index contributed by atoms with van der Waals surface area (Å²) in [6.07, 6.45) is -9.82. The molecule has 45 heavy (non-hydrogen) atoms. The number of rotatable bonds is 11. The normalized spacial score (nSPS) is 13.4. The molecule has 0 N–H and O–H groups in total. The first-order chi connectivity index (χ1) is 21.6. The van der Waals surface area contributed by atoms with E-state index in [9.17, 15) is 22.4 Å². The second-order valence-corrected chi connectivity index (χ2v) is 10.8. The van der Waals surface area contributed by atoms with Crippen LogP contribution in [0.3, 0.4) is 0 Å². The van der Waals surface area contributed by atoms with Gasteiger partial charge in [0.25, 0.3) is 0 Å². The summed E-state index contributed by atoms with van der Waals surface area (Å²) in [5.41, 5.74) is 1.87. The second kappa shape index (κ2) is 13.4. The van der Waals surface area contributed by atoms with Crippen molar-refractivity contribution in [2.24, 2.45) is 0 Å². The van der Waals surface area contributed by atoms with Crippen molar-refractivity contribution in [1.29, 1.82) is 0 Å². The highest BCUT2D eigenvalue weighted by atomic mass is 32.2. The fraction of sp³-hybridized carbons (Fsp3) is 0.114. The number of carbonyl (C=O) groups is 1. The summed E-state index contributed by atoms with van der Waals surface area (Å²) < 4.78 is 86.3. The third kappa shape index (κ3) is 7.46. The quantitative estimate of drug-likeness (QED) is 0.0821. The van der Waals surface area contributed by atoms with E-state index in [-0.39, 0.29) is 11.5 Å². The molecular formula is C35H25F5O4S. The van der Waals surface area contributed by atoms with E-state index in [1.807, 2.05) is 30.3 Å². The van der Waals surface area contributed by atoms with Gasteiger partial charge in [0.2, 0.25) is 0 Å². The molecule has 5 rings (SSSR count). The molecule has 5 aromatic rings. The Bertz CT molecular complexity index is 1750. The molecule has 5 aromatic carbocycles. The lowest BCUT2D eigenvalue weighted by atomic mass is 9.94. The molecule has 4 nitrogen and oxygen atoms in total. The van der Waals surface area contributed by atoms with Crippen LogP contribution >= 0.6 is 11.8 Å². The first-order valence-electron chi connectivity index (χ1n) is 13.6. The molecule has 0 amide bonds. The van der Waals surface area contributed by atoms with Gasteiger partial charge in [-0.05, 0) is 47.5 Å². The van der Waals surface area contributed by atoms with E-state index in [0.717, 1.165) is 11.0 Å². The number of benzene rings is 5. The largest absolute Gasteiger partial charge is 0.495 e. The third-order valence-electron chi connectivity index (χ3n) is 6.58. The number of hydrogen-bond donors (Lipinski definition) is 0. The Morgan fingerprint density at radius 3 is 1.93 bits per heavy atom. The Morgan fingerprint density at radius 1 is 0.711 bits per heavy atom. The SMILES string of the molecule is COc1cc(OC(F)(Oc2ccc(-c3ccccc3C(=O)c3ccccc3)cc2)C(F)C(F)(F)F)ccc1Sc1ccccc1. The van der Waals surface area contributed by atoms with Crippen molar-refractivity contribution in [2.75, 3.05) is 7.11 Å². The number of carbonyl (C=O) groups excluding carboxylic acids is 1. The van der Waals surface area contributed by atoms with Gasteiger partial charge in [0, 0.05) is 22.1 Å². The Balaban J connectivity index is 1.41. The van der Waals surface area contributed by atoms with Crippen molar-refractivity contribution in [3.63, 3.8) is 0 Å². The number of alkyl halides is 5. The predicted octanol–water partition coefficient (Wildman–Crippen LogP) is 9.73. The van der Waals surface area contributed by atoms with Crippen molar-refractivity contribution < 1.29 is 41.0 Å². The second-order valence-electron chi connectivity index (χ2n) is 9.68. The fourth-order valence-electron chi connectivity index (χ4n) is 4.43. The van der Waals surface area contributed by atoms with Crippen molar-refractivity contribution >= 4 is 17.5 Å². The predicted molar refractivity (Wildman–Crippen MR) is 161 cm³/mol. The number of methoxy groups -OCH3 is 1. The highest BCUT2D eigenvalue weighted by Gasteiger charge is 2.61. The monoisotopic (exact) mass is 636 g/mol. The van der Waals surface area contributed by atoms with Crippen molar-refractivity contribution in [3.05, 3.63) is 139 Å². The van der Waals surface area contributed by atoms with E-state index in [1.54, 1.807) is 54.6 Å². The van der Waals surface area contributed by atoms with Crippen molar-refractivity contribution in [1.82, 2.24) is 0 Å². The zero-order chi connectivity index (χ0) is 32.0. The standard InChI is InChI=1S/C35H25F5O4S/c1-42-30-22-26(20-21-31(30)45-27-12-6-3-7-13-27)44-35(40,33(36)34(37,38)39)43-25-18-16-23(17-19-25)28-14-8-9-15-29(28)32(41)24-10-4-2-5-11-24/h2-22,33H,1H3. The summed E-state index contributed by atoms with van der Waals surface area (Å²) in [5, 5.41) is 0. The minimum absolute atomic E-state index is 0.166. The van der Waals surface area contributed by atoms with Gasteiger partial charge < -0.3 is 14.2 Å². The third-order valence-corrected chi connectivity index (χ3v) is 7.65. The average Bonchev–Trinajstić information content (AvgIpc) is 3.05. The molecule has 0 saturated heterocycles. The maximum Gasteiger partial charge on any atom is 0.449 e. The van der Waals surface area contributed by atoms with Crippen LogP contribution in [0, 0.1) is 0 Å². The molecule has 0 aliphatic heterocycles. The summed E-state index contributed by atoms with van der Waals surface area (Å²) in [5.74, 6) is -0.970. The van der Waals surface area contributed by atoms with Crippen LogP contribution in [0.1, 0.15) is 15.9 Å². The van der Waals surface area contributed by atoms with E-state index >= 15 is 4.39 Å². The molecule has 2 atom stereocenters. The van der Waals surface area contributed by atoms with Crippen molar-refractivity contribution in [2.45, 2.75) is 28.2 Å². The molecule has 0 aromatic heterocycles. The molecule has 2 unspecified atom stereocenters. The van der Waals surface area contributed by atoms with Crippen LogP contribution in [-0.2, 0) is 0 Å². The molecule has 0 saturated carbocycles. The topological polar surface area (TPSA) is 44.8 Å². The molecule has 0 aliphatic carbocycles. The first-order valence-corrected chi connectivity index (χ1v) is 14.4. The van der Waals surface area contributed by atoms with Gasteiger partial charge in [0.1, 0.15) is 17.2 Å². The fourth-order valence-corrected chi connectivity index (χ4v) is 5.36. The molecule has 10 heteroatoms. The van der Waals surface area contributed by atoms with E-state index < -0.39 is 29.9 Å². The summed E-state index contributed by atoms with van der Waals surface area (Å²) in [7, 11) is 1.33. The lowest BCUT2D eigenvalue weighted by Gasteiger charge is -2.30. The van der Waals surface area contributed by atoms with Crippen LogP contribution in [0.5, 0.6) is 17.2 Å². The van der Waals surface area contributed by atoms with E-state index in [4.69, 9.17) is 14.2 Å². The Kier molecular flexibility index (Phi) is 9.43. The van der Waals surface area contributed by atoms with Crippen LogP contribution in [0.4, 0.5) is 22.0 Å². The molecule has 230 valence electrons. The van der Waals surface area contributed by atoms with Gasteiger partial charge in [-0.25, -0.2) is 4.39 Å². The van der Waals surface area contributed by atoms with E-state index in [2.05, 4.69) is 0 Å². The maximum absolute atomic E-state index is 15.9. The molecule has 0 bridgehead atoms. The van der Waals surface area contributed by atoms with Crippen LogP contribution in [0.15, 0.2) is 137 Å². The molecule has 0 fully saturated rings. The molecule has 0 aliphatic rings. The minimum atomic E-state index is -5.65. The minimum Gasteiger partial charge on any atom is -0.495 e.